The lowest BCUT2D eigenvalue weighted by Crippen LogP contribution is -2.07. The van der Waals surface area contributed by atoms with Gasteiger partial charge in [-0.3, -0.25) is 0 Å². The van der Waals surface area contributed by atoms with Crippen LogP contribution in [0.4, 0.5) is 0 Å². The second-order valence-electron chi connectivity index (χ2n) is 6.21. The fraction of sp³-hybridized carbons (Fsp3) is 0.286. The van der Waals surface area contributed by atoms with Crippen LogP contribution in [-0.4, -0.2) is 16.1 Å². The van der Waals surface area contributed by atoms with Gasteiger partial charge in [0.15, 0.2) is 0 Å². The predicted octanol–water partition coefficient (Wildman–Crippen LogP) is 4.91. The molecule has 1 heterocycles. The summed E-state index contributed by atoms with van der Waals surface area (Å²) in [5, 5.41) is 0. The van der Waals surface area contributed by atoms with E-state index in [4.69, 9.17) is 10.7 Å². The molecule has 3 aromatic rings. The Morgan fingerprint density at radius 1 is 0.917 bits per heavy atom. The molecule has 0 spiro atoms. The minimum atomic E-state index is 0.400. The smallest absolute Gasteiger partial charge is 0.0963 e. The highest BCUT2D eigenvalue weighted by molar-refractivity contribution is 5.78. The Morgan fingerprint density at radius 2 is 1.54 bits per heavy atom. The van der Waals surface area contributed by atoms with E-state index in [1.165, 1.54) is 11.3 Å². The molecule has 2 N–H and O–H groups in total. The minimum absolute atomic E-state index is 0.400. The molecule has 0 fully saturated rings. The minimum Gasteiger partial charge on any atom is -0.330 e. The number of hydrogen-bond acceptors (Lipinski definition) is 2. The van der Waals surface area contributed by atoms with E-state index >= 15 is 0 Å². The second-order valence-corrected chi connectivity index (χ2v) is 6.21. The van der Waals surface area contributed by atoms with E-state index in [9.17, 15) is 0 Å². The molecule has 0 aliphatic carbocycles. The Hall–Kier alpha value is -2.39. The van der Waals surface area contributed by atoms with Crippen LogP contribution in [0.1, 0.15) is 32.2 Å². The summed E-state index contributed by atoms with van der Waals surface area (Å²) in [5.74, 6) is 0. The molecule has 1 unspecified atom stereocenters. The van der Waals surface area contributed by atoms with Gasteiger partial charge in [-0.15, -0.1) is 0 Å². The number of nitrogens with two attached hydrogens (primary N) is 1. The average Bonchev–Trinajstić information content (AvgIpc) is 3.08. The van der Waals surface area contributed by atoms with Crippen LogP contribution >= 0.6 is 0 Å². The Kier molecular flexibility index (Phi) is 5.44. The molecule has 3 rings (SSSR count). The largest absolute Gasteiger partial charge is 0.330 e. The summed E-state index contributed by atoms with van der Waals surface area (Å²) in [7, 11) is 0. The maximum atomic E-state index is 5.64. The molecule has 0 aliphatic rings. The van der Waals surface area contributed by atoms with Crippen molar-refractivity contribution in [3.8, 4) is 22.5 Å². The van der Waals surface area contributed by atoms with E-state index in [-0.39, 0.29) is 0 Å². The second kappa shape index (κ2) is 7.93. The van der Waals surface area contributed by atoms with Crippen LogP contribution < -0.4 is 5.73 Å². The maximum Gasteiger partial charge on any atom is 0.0963 e. The van der Waals surface area contributed by atoms with Gasteiger partial charge in [-0.2, -0.15) is 0 Å². The Labute approximate surface area is 144 Å². The molecule has 0 amide bonds. The summed E-state index contributed by atoms with van der Waals surface area (Å²) in [6.07, 6.45) is 5.31. The third-order valence-electron chi connectivity index (χ3n) is 4.44. The molecule has 0 bridgehead atoms. The monoisotopic (exact) mass is 319 g/mol. The fourth-order valence-electron chi connectivity index (χ4n) is 3.11. The highest BCUT2D eigenvalue weighted by Crippen LogP contribution is 2.34. The molecule has 0 radical (unpaired) electrons. The van der Waals surface area contributed by atoms with Crippen molar-refractivity contribution in [3.63, 3.8) is 0 Å². The highest BCUT2D eigenvalue weighted by atomic mass is 15.1. The van der Waals surface area contributed by atoms with Crippen LogP contribution in [0.25, 0.3) is 22.5 Å². The summed E-state index contributed by atoms with van der Waals surface area (Å²) in [6, 6.07) is 21.4. The van der Waals surface area contributed by atoms with E-state index in [0.29, 0.717) is 6.04 Å². The molecular weight excluding hydrogens is 294 g/mol. The first-order valence-electron chi connectivity index (χ1n) is 8.69. The van der Waals surface area contributed by atoms with Crippen LogP contribution in [0.3, 0.4) is 0 Å². The third kappa shape index (κ3) is 3.57. The standard InChI is InChI=1S/C21H25N3/c1-17(10-8-9-15-22)24-16-23-20(18-11-4-2-5-12-18)21(24)19-13-6-3-7-14-19/h2-7,11-14,16-17H,8-10,15,22H2,1H3. The Morgan fingerprint density at radius 3 is 2.17 bits per heavy atom. The zero-order valence-electron chi connectivity index (χ0n) is 14.2. The van der Waals surface area contributed by atoms with E-state index in [1.54, 1.807) is 0 Å². The van der Waals surface area contributed by atoms with Crippen molar-refractivity contribution < 1.29 is 0 Å². The normalized spacial score (nSPS) is 12.2. The number of nitrogens with zero attached hydrogens (tertiary/aromatic N) is 2. The van der Waals surface area contributed by atoms with Gasteiger partial charge in [0.1, 0.15) is 0 Å². The van der Waals surface area contributed by atoms with Crippen molar-refractivity contribution in [2.75, 3.05) is 6.54 Å². The zero-order valence-corrected chi connectivity index (χ0v) is 14.2. The zero-order chi connectivity index (χ0) is 16.8. The van der Waals surface area contributed by atoms with Crippen LogP contribution in [0, 0.1) is 0 Å². The lowest BCUT2D eigenvalue weighted by Gasteiger charge is -2.17. The first kappa shape index (κ1) is 16.5. The average molecular weight is 319 g/mol. The van der Waals surface area contributed by atoms with Gasteiger partial charge in [0.25, 0.3) is 0 Å². The van der Waals surface area contributed by atoms with Crippen LogP contribution in [0.15, 0.2) is 67.0 Å². The van der Waals surface area contributed by atoms with Crippen LogP contribution in [0.5, 0.6) is 0 Å². The molecule has 2 aromatic carbocycles. The number of benzene rings is 2. The summed E-state index contributed by atoms with van der Waals surface area (Å²) in [6.45, 7) is 3.02. The summed E-state index contributed by atoms with van der Waals surface area (Å²) < 4.78 is 2.31. The molecule has 0 saturated heterocycles. The van der Waals surface area contributed by atoms with Crippen molar-refractivity contribution in [1.29, 1.82) is 0 Å². The highest BCUT2D eigenvalue weighted by Gasteiger charge is 2.17. The van der Waals surface area contributed by atoms with Crippen molar-refractivity contribution in [1.82, 2.24) is 9.55 Å². The molecule has 0 aliphatic heterocycles. The van der Waals surface area contributed by atoms with E-state index in [0.717, 1.165) is 37.1 Å². The molecule has 0 saturated carbocycles. The molecule has 3 nitrogen and oxygen atoms in total. The van der Waals surface area contributed by atoms with Crippen molar-refractivity contribution in [3.05, 3.63) is 67.0 Å². The van der Waals surface area contributed by atoms with Crippen molar-refractivity contribution in [2.45, 2.75) is 32.2 Å². The van der Waals surface area contributed by atoms with Gasteiger partial charge in [0.2, 0.25) is 0 Å². The number of imidazole rings is 1. The molecule has 1 aromatic heterocycles. The first-order chi connectivity index (χ1) is 11.8. The number of hydrogen-bond donors (Lipinski definition) is 1. The number of unbranched alkanes of at least 4 members (excludes halogenated alkanes) is 1. The third-order valence-corrected chi connectivity index (χ3v) is 4.44. The maximum absolute atomic E-state index is 5.64. The van der Waals surface area contributed by atoms with Gasteiger partial charge >= 0.3 is 0 Å². The topological polar surface area (TPSA) is 43.8 Å². The molecular formula is C21H25N3. The predicted molar refractivity (Wildman–Crippen MR) is 101 cm³/mol. The van der Waals surface area contributed by atoms with Gasteiger partial charge in [0, 0.05) is 17.2 Å². The van der Waals surface area contributed by atoms with Crippen LogP contribution in [0.2, 0.25) is 0 Å². The van der Waals surface area contributed by atoms with Crippen molar-refractivity contribution in [2.24, 2.45) is 5.73 Å². The van der Waals surface area contributed by atoms with Crippen molar-refractivity contribution >= 4 is 0 Å². The van der Waals surface area contributed by atoms with E-state index in [2.05, 4.69) is 66.1 Å². The lowest BCUT2D eigenvalue weighted by molar-refractivity contribution is 0.484. The lowest BCUT2D eigenvalue weighted by atomic mass is 10.0. The van der Waals surface area contributed by atoms with Gasteiger partial charge in [-0.05, 0) is 26.3 Å². The SMILES string of the molecule is CC(CCCCN)n1cnc(-c2ccccc2)c1-c1ccccc1. The first-order valence-corrected chi connectivity index (χ1v) is 8.69. The quantitative estimate of drug-likeness (QED) is 0.629. The van der Waals surface area contributed by atoms with E-state index in [1.807, 2.05) is 12.4 Å². The molecule has 1 atom stereocenters. The summed E-state index contributed by atoms with van der Waals surface area (Å²) in [5.41, 5.74) is 10.2. The Balaban J connectivity index is 2.02. The van der Waals surface area contributed by atoms with Crippen LogP contribution in [-0.2, 0) is 0 Å². The summed E-state index contributed by atoms with van der Waals surface area (Å²) in [4.78, 5) is 4.75. The number of aromatic nitrogens is 2. The van der Waals surface area contributed by atoms with Gasteiger partial charge < -0.3 is 10.3 Å². The van der Waals surface area contributed by atoms with Gasteiger partial charge in [-0.1, -0.05) is 67.1 Å². The molecule has 24 heavy (non-hydrogen) atoms. The van der Waals surface area contributed by atoms with Gasteiger partial charge in [-0.25, -0.2) is 4.98 Å². The molecule has 124 valence electrons. The summed E-state index contributed by atoms with van der Waals surface area (Å²) >= 11 is 0. The number of rotatable bonds is 7. The Bertz CT molecular complexity index is 747. The van der Waals surface area contributed by atoms with E-state index < -0.39 is 0 Å². The molecule has 3 heteroatoms. The van der Waals surface area contributed by atoms with Gasteiger partial charge in [0.05, 0.1) is 17.7 Å². The fourth-order valence-corrected chi connectivity index (χ4v) is 3.11.